The summed E-state index contributed by atoms with van der Waals surface area (Å²) in [4.78, 5) is 16.7. The Morgan fingerprint density at radius 3 is 2.76 bits per heavy atom. The van der Waals surface area contributed by atoms with Crippen LogP contribution in [0.15, 0.2) is 6.20 Å². The van der Waals surface area contributed by atoms with E-state index >= 15 is 0 Å². The van der Waals surface area contributed by atoms with Crippen LogP contribution in [0.1, 0.15) is 29.8 Å². The Morgan fingerprint density at radius 1 is 1.33 bits per heavy atom. The predicted molar refractivity (Wildman–Crippen MR) is 76.6 cm³/mol. The highest BCUT2D eigenvalue weighted by atomic mass is 16.3. The topological polar surface area (TPSA) is 85.3 Å². The molecule has 116 valence electrons. The van der Waals surface area contributed by atoms with Crippen molar-refractivity contribution in [3.05, 3.63) is 11.9 Å². The summed E-state index contributed by atoms with van der Waals surface area (Å²) in [5.41, 5.74) is 0.355. The van der Waals surface area contributed by atoms with Crippen molar-refractivity contribution in [2.45, 2.75) is 19.3 Å². The van der Waals surface area contributed by atoms with Crippen molar-refractivity contribution < 1.29 is 9.90 Å². The number of aliphatic hydroxyl groups is 1. The van der Waals surface area contributed by atoms with Gasteiger partial charge in [0.1, 0.15) is 0 Å². The number of aromatic nitrogens is 3. The van der Waals surface area contributed by atoms with Crippen molar-refractivity contribution in [3.8, 4) is 0 Å². The molecule has 2 aliphatic heterocycles. The van der Waals surface area contributed by atoms with Gasteiger partial charge in [-0.15, -0.1) is 0 Å². The van der Waals surface area contributed by atoms with Gasteiger partial charge in [0.2, 0.25) is 0 Å². The van der Waals surface area contributed by atoms with E-state index in [1.807, 2.05) is 4.90 Å². The average Bonchev–Trinajstić information content (AvgIpc) is 3.19. The SMILES string of the molecule is O=C(c1cn[nH]n1)N1C[C@H](CO)C[C@@H](CN2CCCC2)C1. The molecule has 3 rings (SSSR count). The van der Waals surface area contributed by atoms with Gasteiger partial charge < -0.3 is 14.9 Å². The molecule has 1 amide bonds. The maximum atomic E-state index is 12.4. The Bertz CT molecular complexity index is 458. The lowest BCUT2D eigenvalue weighted by molar-refractivity contribution is 0.0460. The molecule has 7 heteroatoms. The summed E-state index contributed by atoms with van der Waals surface area (Å²) in [5, 5.41) is 19.6. The van der Waals surface area contributed by atoms with Crippen molar-refractivity contribution in [1.82, 2.24) is 25.2 Å². The van der Waals surface area contributed by atoms with E-state index in [4.69, 9.17) is 0 Å². The summed E-state index contributed by atoms with van der Waals surface area (Å²) in [6.07, 6.45) is 5.01. The summed E-state index contributed by atoms with van der Waals surface area (Å²) in [5.74, 6) is 0.514. The summed E-state index contributed by atoms with van der Waals surface area (Å²) in [7, 11) is 0. The van der Waals surface area contributed by atoms with Gasteiger partial charge in [0.15, 0.2) is 5.69 Å². The second-order valence-corrected chi connectivity index (χ2v) is 6.22. The number of hydrogen-bond donors (Lipinski definition) is 2. The molecule has 0 aromatic carbocycles. The molecule has 2 aliphatic rings. The minimum atomic E-state index is -0.0895. The number of hydrogen-bond acceptors (Lipinski definition) is 5. The van der Waals surface area contributed by atoms with Crippen LogP contribution in [0.4, 0.5) is 0 Å². The van der Waals surface area contributed by atoms with Crippen LogP contribution in [0.3, 0.4) is 0 Å². The molecule has 2 saturated heterocycles. The lowest BCUT2D eigenvalue weighted by Crippen LogP contribution is -2.47. The first-order valence-electron chi connectivity index (χ1n) is 7.74. The molecule has 0 unspecified atom stereocenters. The summed E-state index contributed by atoms with van der Waals surface area (Å²) in [6, 6.07) is 0. The van der Waals surface area contributed by atoms with Crippen LogP contribution >= 0.6 is 0 Å². The van der Waals surface area contributed by atoms with E-state index in [1.165, 1.54) is 19.0 Å². The molecule has 0 saturated carbocycles. The molecule has 3 heterocycles. The predicted octanol–water partition coefficient (Wildman–Crippen LogP) is -0.0289. The quantitative estimate of drug-likeness (QED) is 0.814. The van der Waals surface area contributed by atoms with Crippen LogP contribution < -0.4 is 0 Å². The fourth-order valence-electron chi connectivity index (χ4n) is 3.55. The van der Waals surface area contributed by atoms with Gasteiger partial charge in [0, 0.05) is 26.2 Å². The van der Waals surface area contributed by atoms with Gasteiger partial charge in [0.25, 0.3) is 5.91 Å². The molecule has 0 bridgehead atoms. The molecule has 1 aromatic heterocycles. The molecular formula is C14H23N5O2. The fraction of sp³-hybridized carbons (Fsp3) is 0.786. The van der Waals surface area contributed by atoms with Gasteiger partial charge in [0.05, 0.1) is 6.20 Å². The number of carbonyl (C=O) groups is 1. The number of aromatic amines is 1. The minimum Gasteiger partial charge on any atom is -0.396 e. The fourth-order valence-corrected chi connectivity index (χ4v) is 3.55. The summed E-state index contributed by atoms with van der Waals surface area (Å²) in [6.45, 7) is 4.85. The molecule has 7 nitrogen and oxygen atoms in total. The number of carbonyl (C=O) groups excluding carboxylic acids is 1. The number of rotatable bonds is 4. The number of piperidine rings is 1. The van der Waals surface area contributed by atoms with Crippen molar-refractivity contribution in [1.29, 1.82) is 0 Å². The van der Waals surface area contributed by atoms with Crippen molar-refractivity contribution in [2.24, 2.45) is 11.8 Å². The number of nitrogens with one attached hydrogen (secondary N) is 1. The molecule has 21 heavy (non-hydrogen) atoms. The van der Waals surface area contributed by atoms with Crippen LogP contribution in [0, 0.1) is 11.8 Å². The molecule has 0 aliphatic carbocycles. The maximum Gasteiger partial charge on any atom is 0.276 e. The molecule has 0 radical (unpaired) electrons. The van der Waals surface area contributed by atoms with Crippen LogP contribution in [-0.4, -0.2) is 75.6 Å². The third kappa shape index (κ3) is 3.41. The minimum absolute atomic E-state index is 0.0895. The first-order valence-corrected chi connectivity index (χ1v) is 7.74. The lowest BCUT2D eigenvalue weighted by Gasteiger charge is -2.38. The van der Waals surface area contributed by atoms with Gasteiger partial charge in [-0.05, 0) is 44.2 Å². The zero-order chi connectivity index (χ0) is 14.7. The zero-order valence-electron chi connectivity index (χ0n) is 12.2. The normalized spacial score (nSPS) is 27.2. The van der Waals surface area contributed by atoms with Crippen LogP contribution in [0.25, 0.3) is 0 Å². The van der Waals surface area contributed by atoms with E-state index < -0.39 is 0 Å². The summed E-state index contributed by atoms with van der Waals surface area (Å²) >= 11 is 0. The highest BCUT2D eigenvalue weighted by Gasteiger charge is 2.32. The van der Waals surface area contributed by atoms with E-state index in [1.54, 1.807) is 0 Å². The monoisotopic (exact) mass is 293 g/mol. The Hall–Kier alpha value is -1.47. The van der Waals surface area contributed by atoms with Crippen LogP contribution in [-0.2, 0) is 0 Å². The highest BCUT2D eigenvalue weighted by Crippen LogP contribution is 2.24. The van der Waals surface area contributed by atoms with Crippen molar-refractivity contribution in [3.63, 3.8) is 0 Å². The zero-order valence-corrected chi connectivity index (χ0v) is 12.2. The molecule has 2 N–H and O–H groups in total. The van der Waals surface area contributed by atoms with Gasteiger partial charge in [-0.1, -0.05) is 0 Å². The number of likely N-dealkylation sites (tertiary alicyclic amines) is 2. The Labute approximate surface area is 124 Å². The lowest BCUT2D eigenvalue weighted by atomic mass is 9.89. The summed E-state index contributed by atoms with van der Waals surface area (Å²) < 4.78 is 0. The number of aliphatic hydroxyl groups excluding tert-OH is 1. The molecular weight excluding hydrogens is 270 g/mol. The maximum absolute atomic E-state index is 12.4. The van der Waals surface area contributed by atoms with E-state index in [2.05, 4.69) is 20.3 Å². The van der Waals surface area contributed by atoms with Gasteiger partial charge in [-0.3, -0.25) is 4.79 Å². The molecule has 1 aromatic rings. The van der Waals surface area contributed by atoms with E-state index in [0.29, 0.717) is 18.2 Å². The number of H-pyrrole nitrogens is 1. The van der Waals surface area contributed by atoms with E-state index in [9.17, 15) is 9.90 Å². The number of amides is 1. The molecule has 2 atom stereocenters. The third-order valence-electron chi connectivity index (χ3n) is 4.52. The van der Waals surface area contributed by atoms with E-state index in [-0.39, 0.29) is 18.4 Å². The van der Waals surface area contributed by atoms with Crippen molar-refractivity contribution >= 4 is 5.91 Å². The molecule has 2 fully saturated rings. The largest absolute Gasteiger partial charge is 0.396 e. The van der Waals surface area contributed by atoms with Crippen LogP contribution in [0.2, 0.25) is 0 Å². The standard InChI is InChI=1S/C14H23N5O2/c20-10-12-5-11(7-18-3-1-2-4-18)8-19(9-12)14(21)13-6-15-17-16-13/h6,11-12,20H,1-5,7-10H2,(H,15,16,17)/t11-,12+/m0/s1. The molecule has 0 spiro atoms. The first-order chi connectivity index (χ1) is 10.3. The van der Waals surface area contributed by atoms with Gasteiger partial charge in [-0.25, -0.2) is 0 Å². The van der Waals surface area contributed by atoms with Crippen LogP contribution in [0.5, 0.6) is 0 Å². The highest BCUT2D eigenvalue weighted by molar-refractivity contribution is 5.91. The Kier molecular flexibility index (Phi) is 4.50. The van der Waals surface area contributed by atoms with Crippen molar-refractivity contribution in [2.75, 3.05) is 39.3 Å². The Morgan fingerprint density at radius 2 is 2.10 bits per heavy atom. The van der Waals surface area contributed by atoms with Gasteiger partial charge in [-0.2, -0.15) is 15.4 Å². The third-order valence-corrected chi connectivity index (χ3v) is 4.52. The smallest absolute Gasteiger partial charge is 0.276 e. The van der Waals surface area contributed by atoms with E-state index in [0.717, 1.165) is 32.6 Å². The average molecular weight is 293 g/mol. The second-order valence-electron chi connectivity index (χ2n) is 6.22. The van der Waals surface area contributed by atoms with Gasteiger partial charge >= 0.3 is 0 Å². The Balaban J connectivity index is 1.64. The number of nitrogens with zero attached hydrogens (tertiary/aromatic N) is 4. The second kappa shape index (κ2) is 6.53. The first kappa shape index (κ1) is 14.5.